The molecule has 30 heavy (non-hydrogen) atoms. The molecule has 4 aromatic rings. The summed E-state index contributed by atoms with van der Waals surface area (Å²) in [5, 5.41) is 11.6. The SMILES string of the molecule is CC(F)(F)c1nnc(N2CCc3[nH]cnc3[C@H]2c2cc3cccc(C(F)F)n3n2)o1. The first kappa shape index (κ1) is 18.6. The van der Waals surface area contributed by atoms with Crippen LogP contribution in [0.2, 0.25) is 0 Å². The Labute approximate surface area is 166 Å². The highest BCUT2D eigenvalue weighted by molar-refractivity contribution is 5.53. The summed E-state index contributed by atoms with van der Waals surface area (Å²) >= 11 is 0. The molecule has 1 N–H and O–H groups in total. The molecule has 0 spiro atoms. The van der Waals surface area contributed by atoms with Crippen LogP contribution in [0.5, 0.6) is 0 Å². The second-order valence-corrected chi connectivity index (χ2v) is 7.05. The molecule has 0 bridgehead atoms. The molecular formula is C18H15F4N7O. The van der Waals surface area contributed by atoms with Gasteiger partial charge < -0.3 is 14.3 Å². The van der Waals surface area contributed by atoms with Crippen LogP contribution in [-0.4, -0.2) is 36.3 Å². The van der Waals surface area contributed by atoms with Gasteiger partial charge >= 0.3 is 11.9 Å². The third-order valence-corrected chi connectivity index (χ3v) is 5.00. The van der Waals surface area contributed by atoms with Crippen LogP contribution in [0.1, 0.15) is 48.1 Å². The van der Waals surface area contributed by atoms with Crippen molar-refractivity contribution < 1.29 is 22.0 Å². The van der Waals surface area contributed by atoms with Gasteiger partial charge in [-0.15, -0.1) is 5.10 Å². The van der Waals surface area contributed by atoms with E-state index in [4.69, 9.17) is 4.42 Å². The van der Waals surface area contributed by atoms with Crippen LogP contribution in [0.15, 0.2) is 35.0 Å². The monoisotopic (exact) mass is 421 g/mol. The van der Waals surface area contributed by atoms with E-state index in [1.807, 2.05) is 0 Å². The van der Waals surface area contributed by atoms with E-state index in [1.165, 1.54) is 23.0 Å². The molecule has 1 aliphatic rings. The largest absolute Gasteiger partial charge is 0.401 e. The van der Waals surface area contributed by atoms with E-state index in [9.17, 15) is 17.6 Å². The van der Waals surface area contributed by atoms with E-state index < -0.39 is 24.3 Å². The number of halogens is 4. The van der Waals surface area contributed by atoms with Gasteiger partial charge in [0.15, 0.2) is 0 Å². The van der Waals surface area contributed by atoms with Crippen molar-refractivity contribution in [1.82, 2.24) is 29.8 Å². The summed E-state index contributed by atoms with van der Waals surface area (Å²) < 4.78 is 60.4. The molecule has 5 rings (SSSR count). The lowest BCUT2D eigenvalue weighted by atomic mass is 10.0. The maximum absolute atomic E-state index is 13.6. The fourth-order valence-electron chi connectivity index (χ4n) is 3.65. The lowest BCUT2D eigenvalue weighted by Gasteiger charge is -2.32. The number of fused-ring (bicyclic) bond motifs is 2. The number of imidazole rings is 1. The van der Waals surface area contributed by atoms with Gasteiger partial charge in [-0.05, 0) is 18.2 Å². The van der Waals surface area contributed by atoms with Gasteiger partial charge in [-0.25, -0.2) is 18.3 Å². The molecule has 156 valence electrons. The fourth-order valence-corrected chi connectivity index (χ4v) is 3.65. The number of aromatic amines is 1. The lowest BCUT2D eigenvalue weighted by molar-refractivity contribution is -0.0107. The Balaban J connectivity index is 1.64. The number of alkyl halides is 4. The molecule has 0 unspecified atom stereocenters. The maximum Gasteiger partial charge on any atom is 0.321 e. The minimum Gasteiger partial charge on any atom is -0.401 e. The summed E-state index contributed by atoms with van der Waals surface area (Å²) in [5.74, 6) is -4.09. The number of nitrogens with one attached hydrogen (secondary N) is 1. The molecule has 0 saturated heterocycles. The minimum absolute atomic E-state index is 0.115. The molecule has 5 heterocycles. The molecule has 8 nitrogen and oxygen atoms in total. The third-order valence-electron chi connectivity index (χ3n) is 5.00. The van der Waals surface area contributed by atoms with Crippen molar-refractivity contribution in [3.8, 4) is 0 Å². The Hall–Kier alpha value is -3.44. The summed E-state index contributed by atoms with van der Waals surface area (Å²) in [6.07, 6.45) is -0.668. The molecule has 0 amide bonds. The predicted octanol–water partition coefficient (Wildman–Crippen LogP) is 3.64. The van der Waals surface area contributed by atoms with Crippen LogP contribution in [0.3, 0.4) is 0 Å². The normalized spacial score (nSPS) is 17.1. The Morgan fingerprint density at radius 3 is 2.83 bits per heavy atom. The average molecular weight is 421 g/mol. The summed E-state index contributed by atoms with van der Waals surface area (Å²) in [7, 11) is 0. The number of nitrogens with zero attached hydrogens (tertiary/aromatic N) is 6. The molecule has 1 aliphatic heterocycles. The zero-order valence-electron chi connectivity index (χ0n) is 15.6. The molecule has 0 fully saturated rings. The molecule has 12 heteroatoms. The summed E-state index contributed by atoms with van der Waals surface area (Å²) in [5.41, 5.74) is 2.04. The van der Waals surface area contributed by atoms with Crippen molar-refractivity contribution in [3.05, 3.63) is 59.3 Å². The second kappa shape index (κ2) is 6.54. The Morgan fingerprint density at radius 2 is 2.10 bits per heavy atom. The van der Waals surface area contributed by atoms with E-state index in [1.54, 1.807) is 17.0 Å². The van der Waals surface area contributed by atoms with Crippen molar-refractivity contribution in [3.63, 3.8) is 0 Å². The topological polar surface area (TPSA) is 88.1 Å². The summed E-state index contributed by atoms with van der Waals surface area (Å²) in [6, 6.07) is 5.33. The number of hydrogen-bond donors (Lipinski definition) is 1. The number of hydrogen-bond acceptors (Lipinski definition) is 6. The lowest BCUT2D eigenvalue weighted by Crippen LogP contribution is -2.37. The third kappa shape index (κ3) is 2.90. The van der Waals surface area contributed by atoms with Gasteiger partial charge in [0.05, 0.1) is 23.2 Å². The molecule has 1 atom stereocenters. The first-order valence-electron chi connectivity index (χ1n) is 9.10. The van der Waals surface area contributed by atoms with Crippen molar-refractivity contribution in [1.29, 1.82) is 0 Å². The van der Waals surface area contributed by atoms with Crippen molar-refractivity contribution >= 4 is 11.5 Å². The van der Waals surface area contributed by atoms with E-state index in [0.717, 1.165) is 5.69 Å². The quantitative estimate of drug-likeness (QED) is 0.506. The first-order valence-corrected chi connectivity index (χ1v) is 9.10. The fraction of sp³-hybridized carbons (Fsp3) is 0.333. The number of pyridine rings is 1. The van der Waals surface area contributed by atoms with E-state index >= 15 is 0 Å². The van der Waals surface area contributed by atoms with Crippen molar-refractivity contribution in [2.75, 3.05) is 11.4 Å². The van der Waals surface area contributed by atoms with Crippen molar-refractivity contribution in [2.45, 2.75) is 31.7 Å². The summed E-state index contributed by atoms with van der Waals surface area (Å²) in [4.78, 5) is 8.99. The van der Waals surface area contributed by atoms with E-state index in [-0.39, 0.29) is 11.7 Å². The average Bonchev–Trinajstić information content (AvgIpc) is 3.43. The Kier molecular flexibility index (Phi) is 4.05. The maximum atomic E-state index is 13.6. The van der Waals surface area contributed by atoms with Gasteiger partial charge in [-0.3, -0.25) is 0 Å². The van der Waals surface area contributed by atoms with E-state index in [0.29, 0.717) is 36.8 Å². The van der Waals surface area contributed by atoms with Gasteiger partial charge in [0, 0.05) is 25.6 Å². The smallest absolute Gasteiger partial charge is 0.321 e. The zero-order valence-corrected chi connectivity index (χ0v) is 15.6. The zero-order chi connectivity index (χ0) is 21.0. The van der Waals surface area contributed by atoms with Crippen LogP contribution in [-0.2, 0) is 12.3 Å². The van der Waals surface area contributed by atoms with Gasteiger partial charge in [0.25, 0.3) is 12.3 Å². The van der Waals surface area contributed by atoms with Crippen LogP contribution in [0.4, 0.5) is 23.6 Å². The predicted molar refractivity (Wildman–Crippen MR) is 95.5 cm³/mol. The number of aromatic nitrogens is 6. The van der Waals surface area contributed by atoms with Crippen molar-refractivity contribution in [2.24, 2.45) is 0 Å². The van der Waals surface area contributed by atoms with Crippen LogP contribution in [0, 0.1) is 0 Å². The van der Waals surface area contributed by atoms with Crippen LogP contribution >= 0.6 is 0 Å². The minimum atomic E-state index is -3.29. The van der Waals surface area contributed by atoms with Crippen LogP contribution < -0.4 is 4.90 Å². The second-order valence-electron chi connectivity index (χ2n) is 7.05. The highest BCUT2D eigenvalue weighted by Gasteiger charge is 2.38. The first-order chi connectivity index (χ1) is 14.3. The molecule has 0 saturated carbocycles. The molecule has 4 aromatic heterocycles. The van der Waals surface area contributed by atoms with Crippen LogP contribution in [0.25, 0.3) is 5.52 Å². The molecular weight excluding hydrogens is 406 g/mol. The molecule has 0 aromatic carbocycles. The molecule has 0 aliphatic carbocycles. The number of H-pyrrole nitrogens is 1. The van der Waals surface area contributed by atoms with Gasteiger partial charge in [0.2, 0.25) is 0 Å². The highest BCUT2D eigenvalue weighted by Crippen LogP contribution is 2.38. The number of rotatable bonds is 4. The highest BCUT2D eigenvalue weighted by atomic mass is 19.3. The van der Waals surface area contributed by atoms with Gasteiger partial charge in [0.1, 0.15) is 11.7 Å². The Morgan fingerprint density at radius 1 is 1.27 bits per heavy atom. The number of anilines is 1. The summed E-state index contributed by atoms with van der Waals surface area (Å²) in [6.45, 7) is 1.02. The van der Waals surface area contributed by atoms with Gasteiger partial charge in [-0.2, -0.15) is 13.9 Å². The standard InChI is InChI=1S/C18H15F4N7O/c1-18(21,22)16-25-26-17(30-16)28-6-5-10-13(24-8-23-10)14(28)11-7-9-3-2-4-12(15(19)20)29(9)27-11/h2-4,7-8,14-15H,5-6H2,1H3,(H,23,24)/t14-/m1/s1. The molecule has 0 radical (unpaired) electrons. The Bertz CT molecular complexity index is 1210. The van der Waals surface area contributed by atoms with Gasteiger partial charge in [-0.1, -0.05) is 11.2 Å². The van der Waals surface area contributed by atoms with E-state index in [2.05, 4.69) is 25.3 Å².